The van der Waals surface area contributed by atoms with E-state index in [1.165, 1.54) is 0 Å². The molecule has 1 aromatic rings. The Bertz CT molecular complexity index is 238. The van der Waals surface area contributed by atoms with Crippen molar-refractivity contribution in [3.63, 3.8) is 0 Å². The first-order chi connectivity index (χ1) is 5.54. The maximum Gasteiger partial charge on any atom is 0.483 e. The van der Waals surface area contributed by atoms with Crippen molar-refractivity contribution in [2.45, 2.75) is 6.92 Å². The molecule has 0 fully saturated rings. The van der Waals surface area contributed by atoms with Gasteiger partial charge >= 0.3 is 6.29 Å². The molecule has 2 nitrogen and oxygen atoms in total. The molecule has 0 aliphatic carbocycles. The van der Waals surface area contributed by atoms with Crippen LogP contribution in [0.15, 0.2) is 24.3 Å². The minimum absolute atomic E-state index is 0.868. The molecule has 0 saturated carbocycles. The van der Waals surface area contributed by atoms with Crippen LogP contribution < -0.4 is 5.73 Å². The number of benzene rings is 1. The van der Waals surface area contributed by atoms with Crippen LogP contribution in [-0.4, -0.2) is 6.29 Å². The monoisotopic (exact) mass is 173 g/mol. The van der Waals surface area contributed by atoms with Crippen molar-refractivity contribution < 1.29 is 13.6 Å². The first-order valence-corrected chi connectivity index (χ1v) is 3.20. The van der Waals surface area contributed by atoms with E-state index in [0.29, 0.717) is 0 Å². The van der Waals surface area contributed by atoms with Crippen molar-refractivity contribution in [1.29, 1.82) is 0 Å². The lowest BCUT2D eigenvalue weighted by atomic mass is 10.2. The van der Waals surface area contributed by atoms with Crippen molar-refractivity contribution >= 4 is 12.0 Å². The Labute approximate surface area is 69.0 Å². The van der Waals surface area contributed by atoms with Crippen LogP contribution in [0.4, 0.5) is 19.3 Å². The van der Waals surface area contributed by atoms with E-state index < -0.39 is 6.29 Å². The fourth-order valence-electron chi connectivity index (χ4n) is 0.587. The molecule has 0 heterocycles. The molecule has 0 saturated heterocycles. The van der Waals surface area contributed by atoms with Gasteiger partial charge in [0.1, 0.15) is 0 Å². The minimum Gasteiger partial charge on any atom is -0.399 e. The van der Waals surface area contributed by atoms with Crippen LogP contribution in [0.1, 0.15) is 5.56 Å². The second-order valence-corrected chi connectivity index (χ2v) is 2.08. The summed E-state index contributed by atoms with van der Waals surface area (Å²) in [5, 5.41) is 0. The van der Waals surface area contributed by atoms with Crippen LogP contribution in [0.25, 0.3) is 0 Å². The number of para-hydroxylation sites is 1. The predicted molar refractivity (Wildman–Crippen MR) is 43.2 cm³/mol. The number of rotatable bonds is 0. The smallest absolute Gasteiger partial charge is 0.399 e. The molecule has 1 aromatic carbocycles. The quantitative estimate of drug-likeness (QED) is 0.484. The summed E-state index contributed by atoms with van der Waals surface area (Å²) in [5.74, 6) is 0. The maximum absolute atomic E-state index is 9.69. The molecule has 66 valence electrons. The third-order valence-corrected chi connectivity index (χ3v) is 1.19. The SMILES string of the molecule is Cc1ccccc1N.O=C(F)F. The van der Waals surface area contributed by atoms with Gasteiger partial charge in [-0.2, -0.15) is 0 Å². The summed E-state index contributed by atoms with van der Waals surface area (Å²) >= 11 is 0. The van der Waals surface area contributed by atoms with Gasteiger partial charge in [0.25, 0.3) is 0 Å². The molecule has 0 aromatic heterocycles. The van der Waals surface area contributed by atoms with Crippen molar-refractivity contribution in [3.05, 3.63) is 29.8 Å². The van der Waals surface area contributed by atoms with E-state index in [9.17, 15) is 8.78 Å². The lowest BCUT2D eigenvalue weighted by molar-refractivity contribution is 0.199. The number of nitrogen functional groups attached to an aromatic ring is 1. The summed E-state index contributed by atoms with van der Waals surface area (Å²) in [7, 11) is 0. The summed E-state index contributed by atoms with van der Waals surface area (Å²) in [6.45, 7) is 2.00. The topological polar surface area (TPSA) is 43.1 Å². The van der Waals surface area contributed by atoms with Crippen molar-refractivity contribution in [3.8, 4) is 0 Å². The van der Waals surface area contributed by atoms with Gasteiger partial charge in [-0.25, -0.2) is 4.79 Å². The minimum atomic E-state index is -2.83. The van der Waals surface area contributed by atoms with Crippen molar-refractivity contribution in [2.24, 2.45) is 0 Å². The zero-order valence-corrected chi connectivity index (χ0v) is 6.55. The Hall–Kier alpha value is -1.45. The average Bonchev–Trinajstić information content (AvgIpc) is 1.94. The summed E-state index contributed by atoms with van der Waals surface area (Å²) in [4.78, 5) is 8.11. The highest BCUT2D eigenvalue weighted by molar-refractivity contribution is 5.55. The molecule has 2 N–H and O–H groups in total. The highest BCUT2D eigenvalue weighted by atomic mass is 19.3. The molecule has 12 heavy (non-hydrogen) atoms. The number of hydrogen-bond acceptors (Lipinski definition) is 2. The van der Waals surface area contributed by atoms with Crippen LogP contribution in [0, 0.1) is 6.92 Å². The lowest BCUT2D eigenvalue weighted by Crippen LogP contribution is -1.85. The van der Waals surface area contributed by atoms with E-state index >= 15 is 0 Å². The van der Waals surface area contributed by atoms with Gasteiger partial charge in [0.15, 0.2) is 0 Å². The molecule has 1 rings (SSSR count). The third-order valence-electron chi connectivity index (χ3n) is 1.19. The predicted octanol–water partition coefficient (Wildman–Crippen LogP) is 2.62. The molecule has 0 aliphatic rings. The van der Waals surface area contributed by atoms with Crippen LogP contribution >= 0.6 is 0 Å². The first kappa shape index (κ1) is 10.6. The molecule has 0 spiro atoms. The van der Waals surface area contributed by atoms with E-state index in [1.54, 1.807) is 0 Å². The van der Waals surface area contributed by atoms with Crippen molar-refractivity contribution in [1.82, 2.24) is 0 Å². The Kier molecular flexibility index (Phi) is 4.60. The van der Waals surface area contributed by atoms with Gasteiger partial charge in [-0.15, -0.1) is 8.78 Å². The molecular weight excluding hydrogens is 164 g/mol. The Morgan fingerprint density at radius 1 is 1.33 bits per heavy atom. The van der Waals surface area contributed by atoms with Gasteiger partial charge < -0.3 is 5.73 Å². The molecule has 0 amide bonds. The number of carbonyl (C=O) groups is 1. The summed E-state index contributed by atoms with van der Waals surface area (Å²) in [6.07, 6.45) is -2.83. The molecule has 0 atom stereocenters. The van der Waals surface area contributed by atoms with Gasteiger partial charge in [-0.05, 0) is 18.6 Å². The van der Waals surface area contributed by atoms with Crippen LogP contribution in [0.5, 0.6) is 0 Å². The molecule has 0 unspecified atom stereocenters. The third kappa shape index (κ3) is 5.34. The van der Waals surface area contributed by atoms with Gasteiger partial charge in [0.05, 0.1) is 0 Å². The highest BCUT2D eigenvalue weighted by Gasteiger charge is 1.84. The van der Waals surface area contributed by atoms with E-state index in [2.05, 4.69) is 0 Å². The summed E-state index contributed by atoms with van der Waals surface area (Å²) < 4.78 is 19.4. The Morgan fingerprint density at radius 3 is 2.00 bits per heavy atom. The summed E-state index contributed by atoms with van der Waals surface area (Å²) in [6, 6.07) is 7.80. The van der Waals surface area contributed by atoms with Gasteiger partial charge in [0, 0.05) is 5.69 Å². The summed E-state index contributed by atoms with van der Waals surface area (Å²) in [5.41, 5.74) is 7.53. The maximum atomic E-state index is 9.69. The fraction of sp³-hybridized carbons (Fsp3) is 0.125. The number of carbonyl (C=O) groups excluding carboxylic acids is 1. The average molecular weight is 173 g/mol. The molecule has 0 radical (unpaired) electrons. The largest absolute Gasteiger partial charge is 0.483 e. The van der Waals surface area contributed by atoms with Crippen LogP contribution in [0.2, 0.25) is 0 Å². The fourth-order valence-corrected chi connectivity index (χ4v) is 0.587. The molecule has 4 heteroatoms. The van der Waals surface area contributed by atoms with Crippen LogP contribution in [-0.2, 0) is 0 Å². The van der Waals surface area contributed by atoms with Gasteiger partial charge in [-0.1, -0.05) is 18.2 Å². The number of hydrogen-bond donors (Lipinski definition) is 1. The van der Waals surface area contributed by atoms with Gasteiger partial charge in [0.2, 0.25) is 0 Å². The first-order valence-electron chi connectivity index (χ1n) is 3.20. The van der Waals surface area contributed by atoms with Crippen LogP contribution in [0.3, 0.4) is 0 Å². The van der Waals surface area contributed by atoms with Gasteiger partial charge in [-0.3, -0.25) is 0 Å². The molecule has 0 aliphatic heterocycles. The standard InChI is InChI=1S/C7H9N.CF2O/c1-6-4-2-3-5-7(6)8;2-1(3)4/h2-5H,8H2,1H3;. The zero-order valence-electron chi connectivity index (χ0n) is 6.55. The lowest BCUT2D eigenvalue weighted by Gasteiger charge is -1.93. The number of halogens is 2. The van der Waals surface area contributed by atoms with E-state index in [0.717, 1.165) is 11.3 Å². The second kappa shape index (κ2) is 5.23. The molecular formula is C8H9F2NO. The number of anilines is 1. The number of aryl methyl sites for hydroxylation is 1. The van der Waals surface area contributed by atoms with E-state index in [4.69, 9.17) is 10.5 Å². The normalized spacial score (nSPS) is 8.25. The van der Waals surface area contributed by atoms with E-state index in [1.807, 2.05) is 31.2 Å². The number of nitrogens with two attached hydrogens (primary N) is 1. The Balaban J connectivity index is 0.000000261. The zero-order chi connectivity index (χ0) is 9.56. The van der Waals surface area contributed by atoms with E-state index in [-0.39, 0.29) is 0 Å². The highest BCUT2D eigenvalue weighted by Crippen LogP contribution is 2.06. The Morgan fingerprint density at radius 2 is 1.75 bits per heavy atom. The van der Waals surface area contributed by atoms with Crippen molar-refractivity contribution in [2.75, 3.05) is 5.73 Å². The molecule has 0 bridgehead atoms. The second-order valence-electron chi connectivity index (χ2n) is 2.08.